The molecule has 1 aromatic heterocycles. The van der Waals surface area contributed by atoms with E-state index in [0.29, 0.717) is 5.69 Å². The van der Waals surface area contributed by atoms with E-state index in [2.05, 4.69) is 26.2 Å². The zero-order valence-electron chi connectivity index (χ0n) is 15.5. The summed E-state index contributed by atoms with van der Waals surface area (Å²) in [5.74, 6) is -0.396. The Hall–Kier alpha value is -2.55. The van der Waals surface area contributed by atoms with E-state index in [1.54, 1.807) is 36.5 Å². The van der Waals surface area contributed by atoms with Gasteiger partial charge in [0.15, 0.2) is 0 Å². The molecule has 1 amide bonds. The first-order chi connectivity index (χ1) is 13.9. The van der Waals surface area contributed by atoms with Crippen LogP contribution in [0.5, 0.6) is 0 Å². The largest absolute Gasteiger partial charge is 0.349 e. The van der Waals surface area contributed by atoms with Crippen molar-refractivity contribution in [2.24, 2.45) is 0 Å². The molecule has 2 aromatic carbocycles. The molecule has 0 aliphatic carbocycles. The topological polar surface area (TPSA) is 79.4 Å². The highest BCUT2D eigenvalue weighted by atomic mass is 79.9. The van der Waals surface area contributed by atoms with Crippen LogP contribution in [0.2, 0.25) is 0 Å². The summed E-state index contributed by atoms with van der Waals surface area (Å²) in [6, 6.07) is 20.8. The highest BCUT2D eigenvalue weighted by Gasteiger charge is 2.26. The number of halogens is 1. The third-order valence-corrected chi connectivity index (χ3v) is 6.50. The van der Waals surface area contributed by atoms with Crippen LogP contribution in [0.25, 0.3) is 0 Å². The van der Waals surface area contributed by atoms with Gasteiger partial charge in [-0.2, -0.15) is 4.31 Å². The lowest BCUT2D eigenvalue weighted by Crippen LogP contribution is -2.40. The number of nitrogens with zero attached hydrogens (tertiary/aromatic N) is 2. The van der Waals surface area contributed by atoms with Crippen LogP contribution in [0.4, 0.5) is 0 Å². The molecule has 0 spiro atoms. The fraction of sp³-hybridized carbons (Fsp3) is 0.143. The number of carbonyl (C=O) groups is 1. The fourth-order valence-corrected chi connectivity index (χ4v) is 4.34. The Labute approximate surface area is 178 Å². The number of aromatic nitrogens is 1. The number of hydrogen-bond donors (Lipinski definition) is 1. The summed E-state index contributed by atoms with van der Waals surface area (Å²) in [4.78, 5) is 16.8. The first-order valence-corrected chi connectivity index (χ1v) is 11.1. The molecule has 1 heterocycles. The average Bonchev–Trinajstić information content (AvgIpc) is 2.74. The van der Waals surface area contributed by atoms with Crippen molar-refractivity contribution in [1.29, 1.82) is 0 Å². The maximum Gasteiger partial charge on any atom is 0.243 e. The van der Waals surface area contributed by atoms with Crippen LogP contribution < -0.4 is 5.32 Å². The Kier molecular flexibility index (Phi) is 7.13. The first-order valence-electron chi connectivity index (χ1n) is 8.91. The molecule has 0 fully saturated rings. The molecule has 3 aromatic rings. The summed E-state index contributed by atoms with van der Waals surface area (Å²) in [7, 11) is -3.84. The third-order valence-electron chi connectivity index (χ3n) is 4.17. The van der Waals surface area contributed by atoms with E-state index in [1.807, 2.05) is 30.3 Å². The molecule has 0 unspecified atom stereocenters. The molecule has 29 heavy (non-hydrogen) atoms. The second-order valence-electron chi connectivity index (χ2n) is 6.31. The molecule has 8 heteroatoms. The van der Waals surface area contributed by atoms with Gasteiger partial charge in [-0.05, 0) is 42.0 Å². The van der Waals surface area contributed by atoms with Gasteiger partial charge in [0, 0.05) is 17.2 Å². The zero-order chi connectivity index (χ0) is 20.7. The van der Waals surface area contributed by atoms with Gasteiger partial charge in [0.2, 0.25) is 15.9 Å². The Bertz CT molecular complexity index is 1040. The van der Waals surface area contributed by atoms with Gasteiger partial charge in [0.05, 0.1) is 23.7 Å². The van der Waals surface area contributed by atoms with Gasteiger partial charge in [0.25, 0.3) is 0 Å². The van der Waals surface area contributed by atoms with E-state index < -0.39 is 15.9 Å². The Balaban J connectivity index is 1.78. The van der Waals surface area contributed by atoms with Crippen LogP contribution in [0.1, 0.15) is 11.3 Å². The van der Waals surface area contributed by atoms with Crippen LogP contribution in [0.15, 0.2) is 88.4 Å². The second-order valence-corrected chi connectivity index (χ2v) is 9.16. The SMILES string of the molecule is O=C(CN(Cc1ccc(Br)cc1)S(=O)(=O)c1ccccc1)NCc1ccccn1. The maximum absolute atomic E-state index is 13.1. The molecule has 6 nitrogen and oxygen atoms in total. The first kappa shape index (κ1) is 21.2. The van der Waals surface area contributed by atoms with Crippen molar-refractivity contribution in [3.63, 3.8) is 0 Å². The highest BCUT2D eigenvalue weighted by molar-refractivity contribution is 9.10. The summed E-state index contributed by atoms with van der Waals surface area (Å²) in [6.45, 7) is 0.0266. The summed E-state index contributed by atoms with van der Waals surface area (Å²) >= 11 is 3.37. The fourth-order valence-electron chi connectivity index (χ4n) is 2.67. The molecule has 0 atom stereocenters. The lowest BCUT2D eigenvalue weighted by Gasteiger charge is -2.22. The predicted octanol–water partition coefficient (Wildman–Crippen LogP) is 3.35. The third kappa shape index (κ3) is 5.96. The van der Waals surface area contributed by atoms with Crippen molar-refractivity contribution in [3.05, 3.63) is 94.7 Å². The number of hydrogen-bond acceptors (Lipinski definition) is 4. The summed E-state index contributed by atoms with van der Waals surface area (Å²) in [5, 5.41) is 2.73. The number of sulfonamides is 1. The minimum absolute atomic E-state index is 0.0848. The van der Waals surface area contributed by atoms with Crippen molar-refractivity contribution in [1.82, 2.24) is 14.6 Å². The van der Waals surface area contributed by atoms with E-state index in [4.69, 9.17) is 0 Å². The smallest absolute Gasteiger partial charge is 0.243 e. The van der Waals surface area contributed by atoms with Crippen LogP contribution in [-0.2, 0) is 27.9 Å². The van der Waals surface area contributed by atoms with Crippen LogP contribution in [-0.4, -0.2) is 30.2 Å². The average molecular weight is 474 g/mol. The number of pyridine rings is 1. The van der Waals surface area contributed by atoms with Crippen molar-refractivity contribution >= 4 is 31.9 Å². The monoisotopic (exact) mass is 473 g/mol. The molecule has 3 rings (SSSR count). The van der Waals surface area contributed by atoms with Gasteiger partial charge >= 0.3 is 0 Å². The van der Waals surface area contributed by atoms with Crippen molar-refractivity contribution < 1.29 is 13.2 Å². The number of carbonyl (C=O) groups excluding carboxylic acids is 1. The molecule has 0 aliphatic heterocycles. The number of rotatable bonds is 8. The van der Waals surface area contributed by atoms with Gasteiger partial charge in [-0.1, -0.05) is 52.3 Å². The molecule has 150 valence electrons. The zero-order valence-corrected chi connectivity index (χ0v) is 17.9. The lowest BCUT2D eigenvalue weighted by atomic mass is 10.2. The summed E-state index contributed by atoms with van der Waals surface area (Å²) in [6.07, 6.45) is 1.64. The Morgan fingerprint density at radius 1 is 0.966 bits per heavy atom. The number of nitrogens with one attached hydrogen (secondary N) is 1. The molecular weight excluding hydrogens is 454 g/mol. The molecule has 0 saturated heterocycles. The van der Waals surface area contributed by atoms with Crippen LogP contribution in [0, 0.1) is 0 Å². The van der Waals surface area contributed by atoms with Crippen molar-refractivity contribution in [3.8, 4) is 0 Å². The Morgan fingerprint density at radius 2 is 1.66 bits per heavy atom. The number of amides is 1. The minimum Gasteiger partial charge on any atom is -0.349 e. The second kappa shape index (κ2) is 9.78. The maximum atomic E-state index is 13.1. The molecule has 1 N–H and O–H groups in total. The molecule has 0 aliphatic rings. The highest BCUT2D eigenvalue weighted by Crippen LogP contribution is 2.19. The van der Waals surface area contributed by atoms with Gasteiger partial charge in [-0.25, -0.2) is 8.42 Å². The molecule has 0 radical (unpaired) electrons. The van der Waals surface area contributed by atoms with Crippen molar-refractivity contribution in [2.45, 2.75) is 18.0 Å². The normalized spacial score (nSPS) is 11.4. The van der Waals surface area contributed by atoms with Gasteiger partial charge in [-0.3, -0.25) is 9.78 Å². The van der Waals surface area contributed by atoms with E-state index in [0.717, 1.165) is 10.0 Å². The molecule has 0 saturated carbocycles. The van der Waals surface area contributed by atoms with Crippen LogP contribution in [0.3, 0.4) is 0 Å². The number of benzene rings is 2. The van der Waals surface area contributed by atoms with E-state index in [-0.39, 0.29) is 24.5 Å². The van der Waals surface area contributed by atoms with E-state index in [9.17, 15) is 13.2 Å². The minimum atomic E-state index is -3.84. The van der Waals surface area contributed by atoms with E-state index >= 15 is 0 Å². The van der Waals surface area contributed by atoms with Crippen LogP contribution >= 0.6 is 15.9 Å². The summed E-state index contributed by atoms with van der Waals surface area (Å²) < 4.78 is 28.4. The summed E-state index contributed by atoms with van der Waals surface area (Å²) in [5.41, 5.74) is 1.48. The standard InChI is InChI=1S/C21H20BrN3O3S/c22-18-11-9-17(10-12-18)15-25(29(27,28)20-7-2-1-3-8-20)16-21(26)24-14-19-6-4-5-13-23-19/h1-13H,14-16H2,(H,24,26). The van der Waals surface area contributed by atoms with Gasteiger partial charge in [-0.15, -0.1) is 0 Å². The van der Waals surface area contributed by atoms with Crippen molar-refractivity contribution in [2.75, 3.05) is 6.54 Å². The quantitative estimate of drug-likeness (QED) is 0.543. The lowest BCUT2D eigenvalue weighted by molar-refractivity contribution is -0.121. The molecule has 0 bridgehead atoms. The van der Waals surface area contributed by atoms with Gasteiger partial charge in [0.1, 0.15) is 0 Å². The Morgan fingerprint density at radius 3 is 2.31 bits per heavy atom. The predicted molar refractivity (Wildman–Crippen MR) is 114 cm³/mol. The molecular formula is C21H20BrN3O3S. The van der Waals surface area contributed by atoms with Gasteiger partial charge < -0.3 is 5.32 Å². The van der Waals surface area contributed by atoms with E-state index in [1.165, 1.54) is 16.4 Å².